The van der Waals surface area contributed by atoms with Crippen molar-refractivity contribution in [3.8, 4) is 0 Å². The summed E-state index contributed by atoms with van der Waals surface area (Å²) < 4.78 is 0. The molecule has 0 aliphatic heterocycles. The van der Waals surface area contributed by atoms with Gasteiger partial charge in [0.2, 0.25) is 5.91 Å². The fraction of sp³-hybridized carbons (Fsp3) is 0.438. The number of aryl methyl sites for hydroxylation is 1. The molecule has 126 valence electrons. The van der Waals surface area contributed by atoms with Crippen LogP contribution in [0.2, 0.25) is 0 Å². The van der Waals surface area contributed by atoms with Crippen molar-refractivity contribution in [2.75, 3.05) is 11.9 Å². The van der Waals surface area contributed by atoms with Crippen LogP contribution in [0.3, 0.4) is 0 Å². The number of hydrogen-bond acceptors (Lipinski definition) is 3. The quantitative estimate of drug-likeness (QED) is 0.613. The van der Waals surface area contributed by atoms with Crippen LogP contribution >= 0.6 is 0 Å². The third-order valence-corrected chi connectivity index (χ3v) is 3.06. The van der Waals surface area contributed by atoms with Gasteiger partial charge in [0.15, 0.2) is 0 Å². The number of carboxylic acid groups (broad SMARTS) is 1. The second kappa shape index (κ2) is 8.77. The monoisotopic (exact) mass is 321 g/mol. The van der Waals surface area contributed by atoms with Crippen LogP contribution in [-0.4, -0.2) is 35.6 Å². The molecular weight excluding hydrogens is 298 g/mol. The normalized spacial score (nSPS) is 11.7. The van der Waals surface area contributed by atoms with Gasteiger partial charge in [0.1, 0.15) is 6.04 Å². The van der Waals surface area contributed by atoms with E-state index in [1.54, 1.807) is 12.1 Å². The first-order valence-electron chi connectivity index (χ1n) is 7.41. The topological polar surface area (TPSA) is 108 Å². The van der Waals surface area contributed by atoms with Crippen molar-refractivity contribution >= 4 is 23.6 Å². The summed E-state index contributed by atoms with van der Waals surface area (Å²) in [5.74, 6) is -1.50. The first kappa shape index (κ1) is 18.5. The third-order valence-electron chi connectivity index (χ3n) is 3.06. The first-order chi connectivity index (χ1) is 10.8. The summed E-state index contributed by atoms with van der Waals surface area (Å²) in [4.78, 5) is 34.5. The summed E-state index contributed by atoms with van der Waals surface area (Å²) in [7, 11) is 0. The van der Waals surface area contributed by atoms with Gasteiger partial charge in [-0.2, -0.15) is 0 Å². The molecule has 0 heterocycles. The molecule has 0 unspecified atom stereocenters. The number of rotatable bonds is 7. The molecule has 1 aromatic carbocycles. The van der Waals surface area contributed by atoms with Gasteiger partial charge in [-0.05, 0) is 31.4 Å². The van der Waals surface area contributed by atoms with Gasteiger partial charge >= 0.3 is 12.0 Å². The minimum absolute atomic E-state index is 0.134. The predicted molar refractivity (Wildman–Crippen MR) is 87.2 cm³/mol. The maximum Gasteiger partial charge on any atom is 0.326 e. The highest BCUT2D eigenvalue weighted by molar-refractivity contribution is 5.93. The van der Waals surface area contributed by atoms with Crippen LogP contribution in [0.5, 0.6) is 0 Å². The largest absolute Gasteiger partial charge is 0.480 e. The summed E-state index contributed by atoms with van der Waals surface area (Å²) >= 11 is 0. The Morgan fingerprint density at radius 3 is 2.26 bits per heavy atom. The Hall–Kier alpha value is -2.57. The highest BCUT2D eigenvalue weighted by atomic mass is 16.4. The lowest BCUT2D eigenvalue weighted by molar-refractivity contribution is -0.142. The summed E-state index contributed by atoms with van der Waals surface area (Å²) in [6, 6.07) is 5.72. The molecule has 0 aliphatic rings. The Labute approximate surface area is 135 Å². The minimum atomic E-state index is -1.09. The van der Waals surface area contributed by atoms with Gasteiger partial charge in [-0.15, -0.1) is 0 Å². The number of aliphatic carboxylic acids is 1. The summed E-state index contributed by atoms with van der Waals surface area (Å²) in [5.41, 5.74) is 1.68. The fourth-order valence-corrected chi connectivity index (χ4v) is 1.91. The van der Waals surface area contributed by atoms with Crippen LogP contribution in [0.15, 0.2) is 24.3 Å². The average molecular weight is 321 g/mol. The van der Waals surface area contributed by atoms with Crippen LogP contribution < -0.4 is 16.0 Å². The Bertz CT molecular complexity index is 555. The molecule has 0 spiro atoms. The van der Waals surface area contributed by atoms with Crippen molar-refractivity contribution in [2.45, 2.75) is 33.2 Å². The number of hydrogen-bond donors (Lipinski definition) is 4. The number of urea groups is 1. The maximum atomic E-state index is 11.7. The Kier molecular flexibility index (Phi) is 7.05. The smallest absolute Gasteiger partial charge is 0.326 e. The van der Waals surface area contributed by atoms with Gasteiger partial charge in [-0.1, -0.05) is 31.5 Å². The zero-order valence-electron chi connectivity index (χ0n) is 13.6. The van der Waals surface area contributed by atoms with E-state index in [1.807, 2.05) is 32.9 Å². The zero-order chi connectivity index (χ0) is 17.4. The van der Waals surface area contributed by atoms with Gasteiger partial charge in [-0.25, -0.2) is 9.59 Å². The fourth-order valence-electron chi connectivity index (χ4n) is 1.91. The number of carbonyl (C=O) groups is 3. The molecule has 1 atom stereocenters. The average Bonchev–Trinajstić information content (AvgIpc) is 2.46. The lowest BCUT2D eigenvalue weighted by atomic mass is 10.0. The van der Waals surface area contributed by atoms with E-state index in [-0.39, 0.29) is 12.5 Å². The van der Waals surface area contributed by atoms with Crippen LogP contribution in [0.1, 0.15) is 25.8 Å². The van der Waals surface area contributed by atoms with E-state index >= 15 is 0 Å². The highest BCUT2D eigenvalue weighted by Gasteiger charge is 2.21. The van der Waals surface area contributed by atoms with E-state index in [2.05, 4.69) is 16.0 Å². The lowest BCUT2D eigenvalue weighted by Gasteiger charge is -2.16. The standard InChI is InChI=1S/C16H23N3O4/c1-10(2)8-13(15(21)22)19-14(20)9-17-16(23)18-12-6-4-11(3)5-7-12/h4-7,10,13H,8-9H2,1-3H3,(H,19,20)(H,21,22)(H2,17,18,23)/t13-/m0/s1. The van der Waals surface area contributed by atoms with Crippen molar-refractivity contribution in [1.29, 1.82) is 0 Å². The summed E-state index contributed by atoms with van der Waals surface area (Å²) in [6.07, 6.45) is 0.330. The molecule has 0 aliphatic carbocycles. The Morgan fingerprint density at radius 1 is 1.13 bits per heavy atom. The Morgan fingerprint density at radius 2 is 1.74 bits per heavy atom. The van der Waals surface area contributed by atoms with Crippen molar-refractivity contribution in [3.05, 3.63) is 29.8 Å². The van der Waals surface area contributed by atoms with Gasteiger partial charge in [0, 0.05) is 5.69 Å². The molecule has 0 fully saturated rings. The molecule has 0 radical (unpaired) electrons. The molecule has 0 bridgehead atoms. The van der Waals surface area contributed by atoms with Crippen LogP contribution in [0.25, 0.3) is 0 Å². The molecule has 4 N–H and O–H groups in total. The van der Waals surface area contributed by atoms with Crippen LogP contribution in [-0.2, 0) is 9.59 Å². The Balaban J connectivity index is 2.40. The van der Waals surface area contributed by atoms with E-state index in [0.29, 0.717) is 12.1 Å². The molecule has 0 saturated carbocycles. The molecule has 1 rings (SSSR count). The maximum absolute atomic E-state index is 11.7. The molecule has 7 heteroatoms. The summed E-state index contributed by atoms with van der Waals surface area (Å²) in [5, 5.41) is 16.4. The lowest BCUT2D eigenvalue weighted by Crippen LogP contribution is -2.46. The number of nitrogens with one attached hydrogen (secondary N) is 3. The van der Waals surface area contributed by atoms with Crippen molar-refractivity contribution in [3.63, 3.8) is 0 Å². The molecule has 0 aromatic heterocycles. The van der Waals surface area contributed by atoms with Crippen molar-refractivity contribution in [1.82, 2.24) is 10.6 Å². The second-order valence-electron chi connectivity index (χ2n) is 5.76. The number of amides is 3. The van der Waals surface area contributed by atoms with Crippen molar-refractivity contribution in [2.24, 2.45) is 5.92 Å². The number of benzene rings is 1. The molecule has 23 heavy (non-hydrogen) atoms. The number of anilines is 1. The predicted octanol–water partition coefficient (Wildman–Crippen LogP) is 1.73. The van der Waals surface area contributed by atoms with E-state index in [0.717, 1.165) is 5.56 Å². The molecule has 1 aromatic rings. The molecule has 3 amide bonds. The number of carboxylic acids is 1. The molecule has 7 nitrogen and oxygen atoms in total. The van der Waals surface area contributed by atoms with Crippen LogP contribution in [0, 0.1) is 12.8 Å². The van der Waals surface area contributed by atoms with E-state index in [4.69, 9.17) is 5.11 Å². The highest BCUT2D eigenvalue weighted by Crippen LogP contribution is 2.08. The third kappa shape index (κ3) is 7.30. The summed E-state index contributed by atoms with van der Waals surface area (Å²) in [6.45, 7) is 5.38. The molecular formula is C16H23N3O4. The van der Waals surface area contributed by atoms with Gasteiger partial charge in [0.25, 0.3) is 0 Å². The number of carbonyl (C=O) groups excluding carboxylic acids is 2. The minimum Gasteiger partial charge on any atom is -0.480 e. The van der Waals surface area contributed by atoms with Gasteiger partial charge in [0.05, 0.1) is 6.54 Å². The van der Waals surface area contributed by atoms with Crippen LogP contribution in [0.4, 0.5) is 10.5 Å². The van der Waals surface area contributed by atoms with Gasteiger partial charge in [-0.3, -0.25) is 4.79 Å². The second-order valence-corrected chi connectivity index (χ2v) is 5.76. The van der Waals surface area contributed by atoms with E-state index < -0.39 is 23.9 Å². The van der Waals surface area contributed by atoms with Crippen molar-refractivity contribution < 1.29 is 19.5 Å². The van der Waals surface area contributed by atoms with E-state index in [9.17, 15) is 14.4 Å². The van der Waals surface area contributed by atoms with E-state index in [1.165, 1.54) is 0 Å². The SMILES string of the molecule is Cc1ccc(NC(=O)NCC(=O)N[C@@H](CC(C)C)C(=O)O)cc1. The molecule has 0 saturated heterocycles. The van der Waals surface area contributed by atoms with Gasteiger partial charge < -0.3 is 21.1 Å². The first-order valence-corrected chi connectivity index (χ1v) is 7.41. The zero-order valence-corrected chi connectivity index (χ0v) is 13.6.